The maximum Gasteiger partial charge on any atom is 0.196 e. The quantitative estimate of drug-likeness (QED) is 0.426. The van der Waals surface area contributed by atoms with Crippen molar-refractivity contribution in [2.24, 2.45) is 0 Å². The van der Waals surface area contributed by atoms with Crippen molar-refractivity contribution in [1.29, 1.82) is 0 Å². The van der Waals surface area contributed by atoms with E-state index in [-0.39, 0.29) is 12.4 Å². The van der Waals surface area contributed by atoms with E-state index in [1.54, 1.807) is 18.2 Å². The molecule has 0 aliphatic rings. The highest BCUT2D eigenvalue weighted by molar-refractivity contribution is 7.98. The minimum atomic E-state index is -0.413. The molecule has 2 aromatic heterocycles. The van der Waals surface area contributed by atoms with Crippen molar-refractivity contribution in [1.82, 2.24) is 19.9 Å². The van der Waals surface area contributed by atoms with Crippen LogP contribution in [0.5, 0.6) is 5.75 Å². The fraction of sp³-hybridized carbons (Fsp3) is 0.150. The number of halogens is 1. The molecule has 0 aliphatic carbocycles. The van der Waals surface area contributed by atoms with Gasteiger partial charge in [0.1, 0.15) is 12.4 Å². The van der Waals surface area contributed by atoms with Crippen LogP contribution < -0.4 is 4.74 Å². The Morgan fingerprint density at radius 2 is 1.86 bits per heavy atom. The van der Waals surface area contributed by atoms with Crippen molar-refractivity contribution in [3.8, 4) is 11.4 Å². The van der Waals surface area contributed by atoms with Crippen LogP contribution >= 0.6 is 11.8 Å². The molecule has 2 aromatic carbocycles. The van der Waals surface area contributed by atoms with Gasteiger partial charge in [-0.3, -0.25) is 4.57 Å². The van der Waals surface area contributed by atoms with Crippen molar-refractivity contribution in [2.45, 2.75) is 24.4 Å². The number of hydrogen-bond donors (Lipinski definition) is 0. The Labute approximate surface area is 165 Å². The molecule has 0 spiro atoms. The number of thioether (sulfide) groups is 1. The smallest absolute Gasteiger partial charge is 0.196 e. The molecule has 6 nitrogen and oxygen atoms in total. The van der Waals surface area contributed by atoms with Gasteiger partial charge in [-0.1, -0.05) is 47.3 Å². The molecular formula is C20H17FN4O2S. The molecule has 4 aromatic rings. The van der Waals surface area contributed by atoms with Crippen molar-refractivity contribution < 1.29 is 13.7 Å². The monoisotopic (exact) mass is 396 g/mol. The number of nitrogens with zero attached hydrogens (tertiary/aromatic N) is 4. The lowest BCUT2D eigenvalue weighted by atomic mass is 10.3. The number of aryl methyl sites for hydroxylation is 1. The first-order chi connectivity index (χ1) is 13.7. The van der Waals surface area contributed by atoms with Gasteiger partial charge in [0.15, 0.2) is 22.5 Å². The van der Waals surface area contributed by atoms with Crippen LogP contribution in [0.25, 0.3) is 5.69 Å². The summed E-state index contributed by atoms with van der Waals surface area (Å²) in [6.07, 6.45) is 0. The maximum absolute atomic E-state index is 13.8. The van der Waals surface area contributed by atoms with Crippen molar-refractivity contribution in [3.05, 3.63) is 83.8 Å². The Hall–Kier alpha value is -3.13. The third kappa shape index (κ3) is 4.07. The summed E-state index contributed by atoms with van der Waals surface area (Å²) in [6, 6.07) is 17.9. The Bertz CT molecular complexity index is 1070. The van der Waals surface area contributed by atoms with E-state index < -0.39 is 5.82 Å². The second-order valence-corrected chi connectivity index (χ2v) is 6.95. The standard InChI is InChI=1S/C20H17FN4O2S/c1-14-11-16(27-24-14)13-28-20-23-22-19(25(20)15-7-3-2-4-8-15)12-26-18-10-6-5-9-17(18)21/h2-11H,12-13H2,1H3. The predicted molar refractivity (Wildman–Crippen MR) is 103 cm³/mol. The molecule has 28 heavy (non-hydrogen) atoms. The first-order valence-electron chi connectivity index (χ1n) is 8.63. The zero-order valence-corrected chi connectivity index (χ0v) is 15.9. The lowest BCUT2D eigenvalue weighted by Crippen LogP contribution is -2.07. The molecule has 0 radical (unpaired) electrons. The van der Waals surface area contributed by atoms with Crippen LogP contribution in [-0.4, -0.2) is 19.9 Å². The normalized spacial score (nSPS) is 10.9. The van der Waals surface area contributed by atoms with Gasteiger partial charge in [0.25, 0.3) is 0 Å². The van der Waals surface area contributed by atoms with Crippen molar-refractivity contribution in [3.63, 3.8) is 0 Å². The van der Waals surface area contributed by atoms with E-state index in [2.05, 4.69) is 15.4 Å². The van der Waals surface area contributed by atoms with Crippen LogP contribution in [0.15, 0.2) is 70.3 Å². The summed E-state index contributed by atoms with van der Waals surface area (Å²) < 4.78 is 26.6. The van der Waals surface area contributed by atoms with Gasteiger partial charge in [0, 0.05) is 11.8 Å². The summed E-state index contributed by atoms with van der Waals surface area (Å²) in [7, 11) is 0. The van der Waals surface area contributed by atoms with Gasteiger partial charge >= 0.3 is 0 Å². The Morgan fingerprint density at radius 3 is 2.61 bits per heavy atom. The largest absolute Gasteiger partial charge is 0.483 e. The molecule has 0 atom stereocenters. The molecule has 0 amide bonds. The van der Waals surface area contributed by atoms with E-state index >= 15 is 0 Å². The topological polar surface area (TPSA) is 66.0 Å². The van der Waals surface area contributed by atoms with Crippen molar-refractivity contribution in [2.75, 3.05) is 0 Å². The second kappa shape index (κ2) is 8.26. The summed E-state index contributed by atoms with van der Waals surface area (Å²) in [5, 5.41) is 13.1. The van der Waals surface area contributed by atoms with Crippen LogP contribution in [0.3, 0.4) is 0 Å². The lowest BCUT2D eigenvalue weighted by Gasteiger charge is -2.11. The van der Waals surface area contributed by atoms with Gasteiger partial charge in [0.05, 0.1) is 11.4 Å². The van der Waals surface area contributed by atoms with Crippen LogP contribution in [0.4, 0.5) is 4.39 Å². The average Bonchev–Trinajstić information content (AvgIpc) is 3.32. The number of aromatic nitrogens is 4. The van der Waals surface area contributed by atoms with E-state index in [4.69, 9.17) is 9.26 Å². The first kappa shape index (κ1) is 18.2. The molecule has 0 saturated heterocycles. The Morgan fingerprint density at radius 1 is 1.07 bits per heavy atom. The molecule has 4 rings (SSSR count). The number of rotatable bonds is 7. The van der Waals surface area contributed by atoms with E-state index in [0.717, 1.165) is 17.1 Å². The van der Waals surface area contributed by atoms with Crippen LogP contribution in [0.2, 0.25) is 0 Å². The SMILES string of the molecule is Cc1cc(CSc2nnc(COc3ccccc3F)n2-c2ccccc2)on1. The average molecular weight is 396 g/mol. The minimum absolute atomic E-state index is 0.0881. The third-order valence-electron chi connectivity index (χ3n) is 3.93. The summed E-state index contributed by atoms with van der Waals surface area (Å²) in [6.45, 7) is 1.97. The number of ether oxygens (including phenoxy) is 1. The van der Waals surface area contributed by atoms with E-state index in [1.807, 2.05) is 47.9 Å². The molecule has 0 fully saturated rings. The fourth-order valence-electron chi connectivity index (χ4n) is 2.65. The van der Waals surface area contributed by atoms with Gasteiger partial charge in [0.2, 0.25) is 0 Å². The van der Waals surface area contributed by atoms with Gasteiger partial charge in [-0.15, -0.1) is 10.2 Å². The van der Waals surface area contributed by atoms with Gasteiger partial charge < -0.3 is 9.26 Å². The number of benzene rings is 2. The molecule has 8 heteroatoms. The highest BCUT2D eigenvalue weighted by Crippen LogP contribution is 2.26. The summed E-state index contributed by atoms with van der Waals surface area (Å²) in [5.41, 5.74) is 1.73. The first-order valence-corrected chi connectivity index (χ1v) is 9.61. The van der Waals surface area contributed by atoms with E-state index in [1.165, 1.54) is 17.8 Å². The summed E-state index contributed by atoms with van der Waals surface area (Å²) in [4.78, 5) is 0. The molecule has 0 N–H and O–H groups in total. The zero-order valence-electron chi connectivity index (χ0n) is 15.1. The molecule has 0 aliphatic heterocycles. The van der Waals surface area contributed by atoms with Gasteiger partial charge in [-0.05, 0) is 31.2 Å². The molecular weight excluding hydrogens is 379 g/mol. The van der Waals surface area contributed by atoms with Crippen molar-refractivity contribution >= 4 is 11.8 Å². The minimum Gasteiger partial charge on any atom is -0.483 e. The third-order valence-corrected chi connectivity index (χ3v) is 4.88. The van der Waals surface area contributed by atoms with Gasteiger partial charge in [-0.25, -0.2) is 4.39 Å². The zero-order chi connectivity index (χ0) is 19.3. The molecule has 0 bridgehead atoms. The lowest BCUT2D eigenvalue weighted by molar-refractivity contribution is 0.278. The molecule has 142 valence electrons. The van der Waals surface area contributed by atoms with Crippen LogP contribution in [0, 0.1) is 12.7 Å². The van der Waals surface area contributed by atoms with E-state index in [0.29, 0.717) is 16.7 Å². The highest BCUT2D eigenvalue weighted by atomic mass is 32.2. The Balaban J connectivity index is 1.59. The van der Waals surface area contributed by atoms with Crippen LogP contribution in [0.1, 0.15) is 17.3 Å². The maximum atomic E-state index is 13.8. The number of hydrogen-bond acceptors (Lipinski definition) is 6. The predicted octanol–water partition coefficient (Wildman–Crippen LogP) is 4.57. The van der Waals surface area contributed by atoms with E-state index in [9.17, 15) is 4.39 Å². The second-order valence-electron chi connectivity index (χ2n) is 6.01. The molecule has 0 unspecified atom stereocenters. The molecule has 0 saturated carbocycles. The highest BCUT2D eigenvalue weighted by Gasteiger charge is 2.16. The fourth-order valence-corrected chi connectivity index (χ4v) is 3.49. The Kier molecular flexibility index (Phi) is 5.38. The van der Waals surface area contributed by atoms with Gasteiger partial charge in [-0.2, -0.15) is 0 Å². The number of para-hydroxylation sites is 2. The summed E-state index contributed by atoms with van der Waals surface area (Å²) >= 11 is 1.48. The van der Waals surface area contributed by atoms with Crippen LogP contribution in [-0.2, 0) is 12.4 Å². The summed E-state index contributed by atoms with van der Waals surface area (Å²) in [5.74, 6) is 1.67. The molecule has 2 heterocycles.